The molecule has 1 fully saturated rings. The van der Waals surface area contributed by atoms with E-state index in [2.05, 4.69) is 44.5 Å². The Hall–Kier alpha value is -2.67. The minimum Gasteiger partial charge on any atom is -0.380 e. The molecule has 1 saturated heterocycles. The zero-order chi connectivity index (χ0) is 17.2. The van der Waals surface area contributed by atoms with Crippen molar-refractivity contribution in [2.24, 2.45) is 0 Å². The van der Waals surface area contributed by atoms with Crippen molar-refractivity contribution in [3.05, 3.63) is 47.8 Å². The van der Waals surface area contributed by atoms with Crippen molar-refractivity contribution >= 4 is 17.5 Å². The summed E-state index contributed by atoms with van der Waals surface area (Å²) in [5.74, 6) is 0.883. The largest absolute Gasteiger partial charge is 0.380 e. The van der Waals surface area contributed by atoms with Crippen LogP contribution < -0.4 is 15.7 Å². The number of benzene rings is 1. The van der Waals surface area contributed by atoms with Crippen LogP contribution in [0.5, 0.6) is 0 Å². The molecule has 7 nitrogen and oxygen atoms in total. The Morgan fingerprint density at radius 3 is 2.92 bits per heavy atom. The van der Waals surface area contributed by atoms with Crippen molar-refractivity contribution < 1.29 is 10.0 Å². The molecule has 0 bridgehead atoms. The number of carbonyl (C=O) groups is 1. The Kier molecular flexibility index (Phi) is 4.23. The first-order chi connectivity index (χ1) is 12.2. The number of anilines is 2. The molecule has 0 aliphatic carbocycles. The van der Waals surface area contributed by atoms with Crippen molar-refractivity contribution in [2.45, 2.75) is 31.2 Å². The molecule has 2 atom stereocenters. The molecule has 4 rings (SSSR count). The van der Waals surface area contributed by atoms with E-state index in [-0.39, 0.29) is 6.42 Å². The molecule has 2 aromatic rings. The normalized spacial score (nSPS) is 21.2. The fraction of sp³-hybridized carbons (Fsp3) is 0.389. The third-order valence-corrected chi connectivity index (χ3v) is 5.05. The van der Waals surface area contributed by atoms with Gasteiger partial charge in [0.25, 0.3) is 0 Å². The summed E-state index contributed by atoms with van der Waals surface area (Å²) in [6.45, 7) is 1.81. The van der Waals surface area contributed by atoms with Crippen LogP contribution in [0.15, 0.2) is 36.7 Å². The van der Waals surface area contributed by atoms with Gasteiger partial charge in [0.1, 0.15) is 0 Å². The van der Waals surface area contributed by atoms with Crippen LogP contribution in [-0.2, 0) is 11.2 Å². The van der Waals surface area contributed by atoms with E-state index in [4.69, 9.17) is 5.21 Å². The first-order valence-electron chi connectivity index (χ1n) is 8.59. The number of hydroxylamine groups is 1. The summed E-state index contributed by atoms with van der Waals surface area (Å²) >= 11 is 0. The highest BCUT2D eigenvalue weighted by Crippen LogP contribution is 2.40. The van der Waals surface area contributed by atoms with E-state index in [0.717, 1.165) is 31.0 Å². The fourth-order valence-corrected chi connectivity index (χ4v) is 3.76. The summed E-state index contributed by atoms with van der Waals surface area (Å²) in [5, 5.41) is 12.1. The molecule has 2 unspecified atom stereocenters. The predicted octanol–water partition coefficient (Wildman–Crippen LogP) is 1.70. The minimum absolute atomic E-state index is 0.217. The molecule has 3 N–H and O–H groups in total. The summed E-state index contributed by atoms with van der Waals surface area (Å²) in [7, 11) is 0. The molecule has 1 aromatic carbocycles. The van der Waals surface area contributed by atoms with Crippen molar-refractivity contribution in [3.8, 4) is 0 Å². The van der Waals surface area contributed by atoms with Crippen molar-refractivity contribution in [3.63, 3.8) is 0 Å². The number of aromatic nitrogens is 2. The van der Waals surface area contributed by atoms with Crippen LogP contribution in [0, 0.1) is 0 Å². The lowest BCUT2D eigenvalue weighted by Gasteiger charge is -2.35. The monoisotopic (exact) mass is 339 g/mol. The lowest BCUT2D eigenvalue weighted by Crippen LogP contribution is -2.44. The molecular formula is C18H21N5O2. The number of carbonyl (C=O) groups excluding carboxylic acids is 1. The van der Waals surface area contributed by atoms with E-state index < -0.39 is 5.91 Å². The zero-order valence-corrected chi connectivity index (χ0v) is 13.9. The first kappa shape index (κ1) is 15.8. The smallest absolute Gasteiger partial charge is 0.243 e. The van der Waals surface area contributed by atoms with Gasteiger partial charge in [-0.3, -0.25) is 10.0 Å². The molecule has 25 heavy (non-hydrogen) atoms. The average Bonchev–Trinajstić information content (AvgIpc) is 3.04. The van der Waals surface area contributed by atoms with Crippen LogP contribution in [0.1, 0.15) is 29.9 Å². The Morgan fingerprint density at radius 2 is 2.12 bits per heavy atom. The van der Waals surface area contributed by atoms with Gasteiger partial charge in [0.05, 0.1) is 6.04 Å². The number of nitrogens with one attached hydrogen (secondary N) is 2. The maximum Gasteiger partial charge on any atom is 0.243 e. The lowest BCUT2D eigenvalue weighted by atomic mass is 9.88. The number of para-hydroxylation sites is 1. The molecule has 3 heterocycles. The van der Waals surface area contributed by atoms with Crippen LogP contribution in [0.3, 0.4) is 0 Å². The highest BCUT2D eigenvalue weighted by Gasteiger charge is 2.37. The van der Waals surface area contributed by atoms with Gasteiger partial charge in [0, 0.05) is 43.5 Å². The Morgan fingerprint density at radius 1 is 1.32 bits per heavy atom. The summed E-state index contributed by atoms with van der Waals surface area (Å²) in [6.07, 6.45) is 5.32. The second kappa shape index (κ2) is 6.68. The number of fused-ring (bicyclic) bond motifs is 3. The average molecular weight is 339 g/mol. The van der Waals surface area contributed by atoms with Crippen LogP contribution in [0.25, 0.3) is 0 Å². The van der Waals surface area contributed by atoms with Crippen molar-refractivity contribution in [1.29, 1.82) is 0 Å². The predicted molar refractivity (Wildman–Crippen MR) is 93.7 cm³/mol. The van der Waals surface area contributed by atoms with Gasteiger partial charge in [-0.15, -0.1) is 0 Å². The van der Waals surface area contributed by atoms with E-state index in [1.807, 2.05) is 0 Å². The Labute approximate surface area is 146 Å². The SMILES string of the molecule is O=C(CCc1cnc(N2CCC3c4ccccc4NC3C2)nc1)NO. The number of rotatable bonds is 4. The first-order valence-corrected chi connectivity index (χ1v) is 8.59. The highest BCUT2D eigenvalue weighted by molar-refractivity contribution is 5.74. The van der Waals surface area contributed by atoms with Crippen LogP contribution in [0.2, 0.25) is 0 Å². The van der Waals surface area contributed by atoms with E-state index >= 15 is 0 Å². The molecule has 0 saturated carbocycles. The van der Waals surface area contributed by atoms with E-state index in [0.29, 0.717) is 18.4 Å². The van der Waals surface area contributed by atoms with Gasteiger partial charge >= 0.3 is 0 Å². The van der Waals surface area contributed by atoms with Gasteiger partial charge < -0.3 is 10.2 Å². The standard InChI is InChI=1S/C18H21N5O2/c24-17(22-25)6-5-12-9-19-18(20-10-12)23-8-7-14-13-3-1-2-4-15(13)21-16(14)11-23/h1-4,9-10,14,16,21,25H,5-8,11H2,(H,22,24). The number of amides is 1. The maximum absolute atomic E-state index is 11.1. The molecule has 2 aliphatic heterocycles. The second-order valence-electron chi connectivity index (χ2n) is 6.61. The number of hydrogen-bond donors (Lipinski definition) is 3. The minimum atomic E-state index is -0.405. The zero-order valence-electron chi connectivity index (χ0n) is 13.9. The van der Waals surface area contributed by atoms with Crippen molar-refractivity contribution in [2.75, 3.05) is 23.3 Å². The Bertz CT molecular complexity index is 764. The summed E-state index contributed by atoms with van der Waals surface area (Å²) in [6, 6.07) is 8.93. The molecule has 0 spiro atoms. The van der Waals surface area contributed by atoms with Gasteiger partial charge in [0.2, 0.25) is 11.9 Å². The van der Waals surface area contributed by atoms with Gasteiger partial charge in [-0.2, -0.15) is 0 Å². The van der Waals surface area contributed by atoms with Gasteiger partial charge in [-0.1, -0.05) is 18.2 Å². The van der Waals surface area contributed by atoms with E-state index in [1.165, 1.54) is 11.3 Å². The van der Waals surface area contributed by atoms with Gasteiger partial charge in [-0.25, -0.2) is 15.4 Å². The molecule has 1 aromatic heterocycles. The lowest BCUT2D eigenvalue weighted by molar-refractivity contribution is -0.129. The number of hydrogen-bond acceptors (Lipinski definition) is 6. The third-order valence-electron chi connectivity index (χ3n) is 5.05. The Balaban J connectivity index is 1.40. The van der Waals surface area contributed by atoms with E-state index in [9.17, 15) is 4.79 Å². The van der Waals surface area contributed by atoms with Gasteiger partial charge in [0.15, 0.2) is 0 Å². The number of piperidine rings is 1. The van der Waals surface area contributed by atoms with Crippen LogP contribution in [0.4, 0.5) is 11.6 Å². The quantitative estimate of drug-likeness (QED) is 0.580. The van der Waals surface area contributed by atoms with Gasteiger partial charge in [-0.05, 0) is 30.0 Å². The summed E-state index contributed by atoms with van der Waals surface area (Å²) in [5.41, 5.74) is 5.19. The van der Waals surface area contributed by atoms with Crippen LogP contribution >= 0.6 is 0 Å². The maximum atomic E-state index is 11.1. The fourth-order valence-electron chi connectivity index (χ4n) is 3.76. The second-order valence-corrected chi connectivity index (χ2v) is 6.61. The van der Waals surface area contributed by atoms with Crippen molar-refractivity contribution in [1.82, 2.24) is 15.4 Å². The summed E-state index contributed by atoms with van der Waals surface area (Å²) in [4.78, 5) is 22.2. The molecule has 1 amide bonds. The molecular weight excluding hydrogens is 318 g/mol. The van der Waals surface area contributed by atoms with Crippen LogP contribution in [-0.4, -0.2) is 40.2 Å². The molecule has 130 valence electrons. The number of nitrogens with zero attached hydrogens (tertiary/aromatic N) is 3. The highest BCUT2D eigenvalue weighted by atomic mass is 16.5. The topological polar surface area (TPSA) is 90.4 Å². The van der Waals surface area contributed by atoms with E-state index in [1.54, 1.807) is 17.9 Å². The molecule has 0 radical (unpaired) electrons. The molecule has 7 heteroatoms. The summed E-state index contributed by atoms with van der Waals surface area (Å²) < 4.78 is 0. The third kappa shape index (κ3) is 3.15. The molecule has 2 aliphatic rings. The number of aryl methyl sites for hydroxylation is 1.